The Morgan fingerprint density at radius 3 is 1.35 bits per heavy atom. The molecule has 0 aliphatic carbocycles. The first-order valence-corrected chi connectivity index (χ1v) is 33.5. The lowest BCUT2D eigenvalue weighted by Crippen LogP contribution is -2.24. The summed E-state index contributed by atoms with van der Waals surface area (Å²) in [5.74, 6) is 0.400. The minimum atomic E-state index is -1.25. The summed E-state index contributed by atoms with van der Waals surface area (Å²) in [6.07, 6.45) is 43.8. The van der Waals surface area contributed by atoms with E-state index >= 15 is 0 Å². The van der Waals surface area contributed by atoms with E-state index < -0.39 is 8.07 Å². The quantitative estimate of drug-likeness (QED) is 0.0269. The normalized spacial score (nSPS) is 12.0. The Kier molecular flexibility index (Phi) is 32.2. The van der Waals surface area contributed by atoms with Crippen molar-refractivity contribution in [2.45, 2.75) is 273 Å². The van der Waals surface area contributed by atoms with Crippen LogP contribution in [0, 0.1) is 0 Å². The summed E-state index contributed by atoms with van der Waals surface area (Å²) in [5, 5.41) is 21.9. The van der Waals surface area contributed by atoms with Crippen LogP contribution in [0.2, 0.25) is 19.6 Å². The van der Waals surface area contributed by atoms with Crippen LogP contribution in [0.5, 0.6) is 11.5 Å². The largest absolute Gasteiger partial charge is 0.507 e. The van der Waals surface area contributed by atoms with Crippen LogP contribution in [-0.2, 0) is 38.1 Å². The number of unbranched alkanes of at least 4 members (excludes halogenated alkanes) is 21. The van der Waals surface area contributed by atoms with Gasteiger partial charge in [-0.2, -0.15) is 0 Å². The summed E-state index contributed by atoms with van der Waals surface area (Å²) in [4.78, 5) is 10.3. The predicted octanol–water partition coefficient (Wildman–Crippen LogP) is 21.2. The molecule has 4 aromatic carbocycles. The molecule has 5 heteroatoms. The Hall–Kier alpha value is -3.70. The molecule has 0 saturated heterocycles. The molecule has 0 atom stereocenters. The van der Waals surface area contributed by atoms with Crippen molar-refractivity contribution in [1.29, 1.82) is 0 Å². The fraction of sp³-hybridized carbons (Fsp3) is 0.636. The zero-order valence-corrected chi connectivity index (χ0v) is 48.5. The maximum Gasteiger partial charge on any atom is 0.130 e. The highest BCUT2D eigenvalue weighted by Gasteiger charge is 2.19. The average molecular weight is 988 g/mol. The molecule has 0 radical (unpaired) electrons. The third-order valence-electron chi connectivity index (χ3n) is 14.4. The van der Waals surface area contributed by atoms with Crippen LogP contribution in [0.1, 0.15) is 248 Å². The van der Waals surface area contributed by atoms with Gasteiger partial charge >= 0.3 is 0 Å². The first-order chi connectivity index (χ1) is 34.5. The van der Waals surface area contributed by atoms with E-state index in [1.807, 2.05) is 19.1 Å². The fourth-order valence-electron chi connectivity index (χ4n) is 10.0. The molecular weight excluding hydrogens is 881 g/mol. The molecule has 4 nitrogen and oxygen atoms in total. The molecule has 0 spiro atoms. The van der Waals surface area contributed by atoms with Crippen LogP contribution >= 0.6 is 0 Å². The first-order valence-electron chi connectivity index (χ1n) is 29.8. The van der Waals surface area contributed by atoms with Gasteiger partial charge < -0.3 is 10.2 Å². The Bertz CT molecular complexity index is 2090. The third kappa shape index (κ3) is 25.2. The molecule has 0 aromatic heterocycles. The maximum absolute atomic E-state index is 10.3. The van der Waals surface area contributed by atoms with Gasteiger partial charge in [-0.3, -0.25) is 9.98 Å². The molecule has 0 unspecified atom stereocenters. The van der Waals surface area contributed by atoms with E-state index in [2.05, 4.69) is 103 Å². The molecule has 0 aliphatic rings. The fourth-order valence-corrected chi connectivity index (χ4v) is 11.5. The monoisotopic (exact) mass is 987 g/mol. The van der Waals surface area contributed by atoms with E-state index in [0.29, 0.717) is 5.39 Å². The Balaban J connectivity index is 0.000000579. The lowest BCUT2D eigenvalue weighted by atomic mass is 9.97. The van der Waals surface area contributed by atoms with E-state index in [1.54, 1.807) is 6.07 Å². The van der Waals surface area contributed by atoms with E-state index in [-0.39, 0.29) is 11.5 Å². The molecule has 2 N–H and O–H groups in total. The van der Waals surface area contributed by atoms with E-state index in [9.17, 15) is 10.2 Å². The van der Waals surface area contributed by atoms with Gasteiger partial charge in [0, 0.05) is 14.3 Å². The zero-order valence-electron chi connectivity index (χ0n) is 47.5. The molecule has 0 bridgehead atoms. The van der Waals surface area contributed by atoms with Crippen LogP contribution in [0.15, 0.2) is 70.6 Å². The second kappa shape index (κ2) is 37.1. The van der Waals surface area contributed by atoms with Crippen molar-refractivity contribution in [2.75, 3.05) is 0 Å². The van der Waals surface area contributed by atoms with Gasteiger partial charge in [0.2, 0.25) is 0 Å². The number of hydrogen-bond acceptors (Lipinski definition) is 4. The third-order valence-corrected chi connectivity index (χ3v) is 15.8. The van der Waals surface area contributed by atoms with E-state index in [1.165, 1.54) is 208 Å². The lowest BCUT2D eigenvalue weighted by molar-refractivity contribution is 0.460. The summed E-state index contributed by atoms with van der Waals surface area (Å²) >= 11 is 0. The number of aromatic hydroxyl groups is 2. The van der Waals surface area contributed by atoms with E-state index in [4.69, 9.17) is 9.98 Å². The van der Waals surface area contributed by atoms with Gasteiger partial charge in [0.05, 0.1) is 22.5 Å². The van der Waals surface area contributed by atoms with Crippen molar-refractivity contribution in [1.82, 2.24) is 0 Å². The minimum Gasteiger partial charge on any atom is -0.507 e. The number of phenolic OH excluding ortho intramolecular Hbond substituents is 2. The highest BCUT2D eigenvalue weighted by Crippen LogP contribution is 2.39. The van der Waals surface area contributed by atoms with Crippen molar-refractivity contribution in [3.05, 3.63) is 94.0 Å². The number of hydrogen-bond donors (Lipinski definition) is 2. The Labute approximate surface area is 438 Å². The van der Waals surface area contributed by atoms with E-state index in [0.717, 1.165) is 59.8 Å². The van der Waals surface area contributed by atoms with Crippen LogP contribution < -0.4 is 0 Å². The van der Waals surface area contributed by atoms with Crippen molar-refractivity contribution in [3.63, 3.8) is 0 Å². The molecule has 4 rings (SSSR count). The van der Waals surface area contributed by atoms with Crippen LogP contribution in [0.4, 0.5) is 11.4 Å². The smallest absolute Gasteiger partial charge is 0.130 e. The molecule has 4 aromatic rings. The number of fused-ring (bicyclic) bond motifs is 1. The first kappa shape index (κ1) is 61.6. The summed E-state index contributed by atoms with van der Waals surface area (Å²) in [6, 6.07) is 22.6. The maximum atomic E-state index is 10.3. The number of aryl methyl sites for hydroxylation is 5. The van der Waals surface area contributed by atoms with Gasteiger partial charge in [-0.25, -0.2) is 0 Å². The molecule has 71 heavy (non-hydrogen) atoms. The zero-order chi connectivity index (χ0) is 51.5. The lowest BCUT2D eigenvalue weighted by Gasteiger charge is -2.19. The number of phenols is 2. The molecular formula is C66H106N2O2Si. The average Bonchev–Trinajstić information content (AvgIpc) is 3.36. The Morgan fingerprint density at radius 2 is 0.887 bits per heavy atom. The molecule has 0 amide bonds. The number of nitrogens with zero attached hydrogens (tertiary/aromatic N) is 2. The molecule has 0 saturated carbocycles. The Morgan fingerprint density at radius 1 is 0.451 bits per heavy atom. The van der Waals surface area contributed by atoms with Crippen LogP contribution in [0.3, 0.4) is 0 Å². The number of rotatable bonds is 37. The highest BCUT2D eigenvalue weighted by molar-refractivity contribution is 6.75. The summed E-state index contributed by atoms with van der Waals surface area (Å²) in [5.41, 5.74) is 11.5. The summed E-state index contributed by atoms with van der Waals surface area (Å²) in [6.45, 7) is 20.5. The SMILES string of the molecule is CCCCCCCCCCCCCCCCCCCCC(C=Nc1ccc(CCCC)c(CCCC)c1)=Nc1ccc(CCCC)c(CCCC)c1.CCc1cc(C[Si](C)(C)C)c2cccc(O)c2c1O. The van der Waals surface area contributed by atoms with Gasteiger partial charge in [0.1, 0.15) is 11.5 Å². The van der Waals surface area contributed by atoms with Crippen molar-refractivity contribution >= 4 is 42.1 Å². The molecule has 396 valence electrons. The van der Waals surface area contributed by atoms with Gasteiger partial charge in [-0.1, -0.05) is 226 Å². The van der Waals surface area contributed by atoms with Gasteiger partial charge in [-0.15, -0.1) is 0 Å². The van der Waals surface area contributed by atoms with Crippen molar-refractivity contribution < 1.29 is 10.2 Å². The topological polar surface area (TPSA) is 65.2 Å². The van der Waals surface area contributed by atoms with Crippen LogP contribution in [0.25, 0.3) is 10.8 Å². The second-order valence-corrected chi connectivity index (χ2v) is 27.8. The predicted molar refractivity (Wildman–Crippen MR) is 320 cm³/mol. The van der Waals surface area contributed by atoms with Crippen molar-refractivity contribution in [3.8, 4) is 11.5 Å². The van der Waals surface area contributed by atoms with Gasteiger partial charge in [0.25, 0.3) is 0 Å². The van der Waals surface area contributed by atoms with Crippen molar-refractivity contribution in [2.24, 2.45) is 9.98 Å². The molecule has 0 heterocycles. The number of aliphatic imine (C=N–C) groups is 2. The molecule has 0 fully saturated rings. The minimum absolute atomic E-state index is 0.169. The van der Waals surface area contributed by atoms with Gasteiger partial charge in [-0.05, 0) is 146 Å². The number of benzene rings is 4. The van der Waals surface area contributed by atoms with Crippen LogP contribution in [-0.4, -0.2) is 30.2 Å². The van der Waals surface area contributed by atoms with Gasteiger partial charge in [0.15, 0.2) is 0 Å². The second-order valence-electron chi connectivity index (χ2n) is 22.3. The standard InChI is InChI=1S/C50H84N2.C16H22O2Si/c1-6-11-16-17-18-19-20-21-22-23-24-25-26-27-28-29-30-31-36-50(52-49-40-38-45(33-13-8-3)47(42-49)35-15-10-5)43-51-48-39-37-44(32-12-7-2)46(41-48)34-14-9-4;1-5-11-9-12(10-19(2,3)4)13-7-6-8-14(17)15(13)16(11)18/h37-43H,6-36H2,1-5H3;6-9,17-18H,5,10H2,1-4H3. The summed E-state index contributed by atoms with van der Waals surface area (Å²) < 4.78 is 0. The summed E-state index contributed by atoms with van der Waals surface area (Å²) in [7, 11) is -1.25. The highest BCUT2D eigenvalue weighted by atomic mass is 28.3. The molecule has 0 aliphatic heterocycles.